The Bertz CT molecular complexity index is 328. The lowest BCUT2D eigenvalue weighted by molar-refractivity contribution is 0.251. The molecule has 1 unspecified atom stereocenters. The number of rotatable bonds is 6. The van der Waals surface area contributed by atoms with Gasteiger partial charge >= 0.3 is 0 Å². The second-order valence-electron chi connectivity index (χ2n) is 5.63. The smallest absolute Gasteiger partial charge is 0.0449 e. The molecule has 1 N–H and O–H groups in total. The molecule has 0 radical (unpaired) electrons. The number of benzene rings is 1. The van der Waals surface area contributed by atoms with E-state index in [0.29, 0.717) is 6.04 Å². The SMILES string of the molecule is CCCNC(CN1CCCCCC1)c1ccccc1. The van der Waals surface area contributed by atoms with Crippen LogP contribution >= 0.6 is 0 Å². The summed E-state index contributed by atoms with van der Waals surface area (Å²) in [6.45, 7) is 7.05. The fourth-order valence-electron chi connectivity index (χ4n) is 2.87. The van der Waals surface area contributed by atoms with Crippen molar-refractivity contribution in [1.29, 1.82) is 0 Å². The number of likely N-dealkylation sites (tertiary alicyclic amines) is 1. The van der Waals surface area contributed by atoms with E-state index in [1.54, 1.807) is 0 Å². The summed E-state index contributed by atoms with van der Waals surface area (Å²) in [7, 11) is 0. The van der Waals surface area contributed by atoms with Crippen LogP contribution in [0.15, 0.2) is 30.3 Å². The third kappa shape index (κ3) is 4.96. The van der Waals surface area contributed by atoms with Crippen LogP contribution in [0.1, 0.15) is 50.6 Å². The van der Waals surface area contributed by atoms with Crippen molar-refractivity contribution in [3.63, 3.8) is 0 Å². The number of nitrogens with one attached hydrogen (secondary N) is 1. The van der Waals surface area contributed by atoms with Gasteiger partial charge in [0, 0.05) is 12.6 Å². The van der Waals surface area contributed by atoms with Crippen LogP contribution in [0, 0.1) is 0 Å². The van der Waals surface area contributed by atoms with Gasteiger partial charge in [-0.05, 0) is 44.5 Å². The van der Waals surface area contributed by atoms with E-state index in [4.69, 9.17) is 0 Å². The van der Waals surface area contributed by atoms with Crippen LogP contribution in [0.5, 0.6) is 0 Å². The van der Waals surface area contributed by atoms with Crippen molar-refractivity contribution in [2.45, 2.75) is 45.1 Å². The third-order valence-corrected chi connectivity index (χ3v) is 3.98. The Hall–Kier alpha value is -0.860. The summed E-state index contributed by atoms with van der Waals surface area (Å²) < 4.78 is 0. The molecule has 2 nitrogen and oxygen atoms in total. The molecule has 1 heterocycles. The maximum absolute atomic E-state index is 3.71. The summed E-state index contributed by atoms with van der Waals surface area (Å²) in [5.74, 6) is 0. The van der Waals surface area contributed by atoms with Gasteiger partial charge in [-0.3, -0.25) is 0 Å². The Morgan fingerprint density at radius 3 is 2.37 bits per heavy atom. The number of hydrogen-bond donors (Lipinski definition) is 1. The van der Waals surface area contributed by atoms with E-state index >= 15 is 0 Å². The fraction of sp³-hybridized carbons (Fsp3) is 0.647. The molecule has 1 aliphatic heterocycles. The maximum Gasteiger partial charge on any atom is 0.0449 e. The zero-order chi connectivity index (χ0) is 13.3. The molecule has 0 spiro atoms. The molecular formula is C17H28N2. The lowest BCUT2D eigenvalue weighted by Crippen LogP contribution is -2.36. The highest BCUT2D eigenvalue weighted by molar-refractivity contribution is 5.19. The van der Waals surface area contributed by atoms with E-state index in [9.17, 15) is 0 Å². The van der Waals surface area contributed by atoms with Gasteiger partial charge in [0.15, 0.2) is 0 Å². The first-order valence-corrected chi connectivity index (χ1v) is 7.91. The van der Waals surface area contributed by atoms with Gasteiger partial charge in [0.1, 0.15) is 0 Å². The summed E-state index contributed by atoms with van der Waals surface area (Å²) in [5.41, 5.74) is 1.43. The monoisotopic (exact) mass is 260 g/mol. The highest BCUT2D eigenvalue weighted by Gasteiger charge is 2.16. The molecule has 2 heteroatoms. The second kappa shape index (κ2) is 8.34. The van der Waals surface area contributed by atoms with E-state index in [1.165, 1.54) is 50.8 Å². The highest BCUT2D eigenvalue weighted by atomic mass is 15.1. The molecule has 0 bridgehead atoms. The van der Waals surface area contributed by atoms with Crippen molar-refractivity contribution < 1.29 is 0 Å². The first kappa shape index (κ1) is 14.5. The van der Waals surface area contributed by atoms with Crippen LogP contribution in [0.4, 0.5) is 0 Å². The van der Waals surface area contributed by atoms with Crippen LogP contribution in [0.3, 0.4) is 0 Å². The molecular weight excluding hydrogens is 232 g/mol. The first-order chi connectivity index (χ1) is 9.40. The molecule has 0 saturated carbocycles. The van der Waals surface area contributed by atoms with E-state index in [2.05, 4.69) is 47.5 Å². The molecule has 1 aromatic rings. The van der Waals surface area contributed by atoms with Crippen LogP contribution < -0.4 is 5.32 Å². The summed E-state index contributed by atoms with van der Waals surface area (Å²) in [5, 5.41) is 3.71. The molecule has 1 fully saturated rings. The average Bonchev–Trinajstić information content (AvgIpc) is 2.73. The Morgan fingerprint density at radius 2 is 1.74 bits per heavy atom. The molecule has 19 heavy (non-hydrogen) atoms. The maximum atomic E-state index is 3.71. The Balaban J connectivity index is 1.96. The van der Waals surface area contributed by atoms with Crippen molar-refractivity contribution in [1.82, 2.24) is 10.2 Å². The summed E-state index contributed by atoms with van der Waals surface area (Å²) in [6, 6.07) is 11.4. The Morgan fingerprint density at radius 1 is 1.05 bits per heavy atom. The van der Waals surface area contributed by atoms with Crippen LogP contribution in [-0.2, 0) is 0 Å². The molecule has 0 aromatic heterocycles. The zero-order valence-electron chi connectivity index (χ0n) is 12.3. The third-order valence-electron chi connectivity index (χ3n) is 3.98. The standard InChI is InChI=1S/C17H28N2/c1-2-12-18-17(16-10-6-5-7-11-16)15-19-13-8-3-4-9-14-19/h5-7,10-11,17-18H,2-4,8-9,12-15H2,1H3. The van der Waals surface area contributed by atoms with Gasteiger partial charge in [0.2, 0.25) is 0 Å². The van der Waals surface area contributed by atoms with Gasteiger partial charge in [-0.2, -0.15) is 0 Å². The minimum absolute atomic E-state index is 0.485. The van der Waals surface area contributed by atoms with Gasteiger partial charge in [-0.15, -0.1) is 0 Å². The van der Waals surface area contributed by atoms with Gasteiger partial charge in [-0.1, -0.05) is 50.1 Å². The van der Waals surface area contributed by atoms with Crippen molar-refractivity contribution >= 4 is 0 Å². The quantitative estimate of drug-likeness (QED) is 0.840. The number of hydrogen-bond acceptors (Lipinski definition) is 2. The van der Waals surface area contributed by atoms with Crippen molar-refractivity contribution in [3.05, 3.63) is 35.9 Å². The minimum Gasteiger partial charge on any atom is -0.309 e. The number of nitrogens with zero attached hydrogens (tertiary/aromatic N) is 1. The molecule has 0 amide bonds. The van der Waals surface area contributed by atoms with Gasteiger partial charge in [-0.25, -0.2) is 0 Å². The first-order valence-electron chi connectivity index (χ1n) is 7.91. The molecule has 1 aliphatic rings. The second-order valence-corrected chi connectivity index (χ2v) is 5.63. The predicted octanol–water partition coefficient (Wildman–Crippen LogP) is 3.60. The highest BCUT2D eigenvalue weighted by Crippen LogP contribution is 2.17. The van der Waals surface area contributed by atoms with Gasteiger partial charge < -0.3 is 10.2 Å². The topological polar surface area (TPSA) is 15.3 Å². The predicted molar refractivity (Wildman–Crippen MR) is 82.4 cm³/mol. The van der Waals surface area contributed by atoms with Crippen LogP contribution in [-0.4, -0.2) is 31.1 Å². The normalized spacial score (nSPS) is 19.0. The Kier molecular flexibility index (Phi) is 6.38. The van der Waals surface area contributed by atoms with Crippen molar-refractivity contribution in [2.24, 2.45) is 0 Å². The lowest BCUT2D eigenvalue weighted by atomic mass is 10.1. The summed E-state index contributed by atoms with van der Waals surface area (Å²) in [4.78, 5) is 2.65. The lowest BCUT2D eigenvalue weighted by Gasteiger charge is -2.27. The van der Waals surface area contributed by atoms with E-state index in [1.807, 2.05) is 0 Å². The molecule has 1 aromatic carbocycles. The van der Waals surface area contributed by atoms with E-state index in [-0.39, 0.29) is 0 Å². The van der Waals surface area contributed by atoms with Gasteiger partial charge in [0.25, 0.3) is 0 Å². The van der Waals surface area contributed by atoms with E-state index < -0.39 is 0 Å². The van der Waals surface area contributed by atoms with Crippen LogP contribution in [0.2, 0.25) is 0 Å². The zero-order valence-corrected chi connectivity index (χ0v) is 12.3. The summed E-state index contributed by atoms with van der Waals surface area (Å²) in [6.07, 6.45) is 6.76. The van der Waals surface area contributed by atoms with Crippen molar-refractivity contribution in [3.8, 4) is 0 Å². The molecule has 1 atom stereocenters. The average molecular weight is 260 g/mol. The minimum atomic E-state index is 0.485. The van der Waals surface area contributed by atoms with Gasteiger partial charge in [0.05, 0.1) is 0 Å². The molecule has 1 saturated heterocycles. The Labute approximate surface area is 118 Å². The molecule has 2 rings (SSSR count). The largest absolute Gasteiger partial charge is 0.309 e. The molecule has 106 valence electrons. The van der Waals surface area contributed by atoms with E-state index in [0.717, 1.165) is 13.1 Å². The van der Waals surface area contributed by atoms with Crippen molar-refractivity contribution in [2.75, 3.05) is 26.2 Å². The fourth-order valence-corrected chi connectivity index (χ4v) is 2.87. The summed E-state index contributed by atoms with van der Waals surface area (Å²) >= 11 is 0. The molecule has 0 aliphatic carbocycles. The van der Waals surface area contributed by atoms with Crippen LogP contribution in [0.25, 0.3) is 0 Å².